The van der Waals surface area contributed by atoms with Gasteiger partial charge in [-0.25, -0.2) is 9.50 Å². The van der Waals surface area contributed by atoms with E-state index in [4.69, 9.17) is 4.74 Å². The van der Waals surface area contributed by atoms with Gasteiger partial charge in [-0.1, -0.05) is 28.1 Å². The number of aromatic nitrogens is 5. The molecule has 2 aromatic carbocycles. The van der Waals surface area contributed by atoms with Crippen molar-refractivity contribution in [1.29, 1.82) is 0 Å². The minimum Gasteiger partial charge on any atom is -0.497 e. The highest BCUT2D eigenvalue weighted by atomic mass is 79.9. The zero-order valence-corrected chi connectivity index (χ0v) is 20.8. The van der Waals surface area contributed by atoms with Crippen LogP contribution in [0.25, 0.3) is 16.9 Å². The predicted molar refractivity (Wildman–Crippen MR) is 133 cm³/mol. The second-order valence-corrected chi connectivity index (χ2v) is 8.98. The van der Waals surface area contributed by atoms with Crippen LogP contribution in [0.3, 0.4) is 0 Å². The average molecular weight is 571 g/mol. The van der Waals surface area contributed by atoms with Crippen LogP contribution in [0.2, 0.25) is 0 Å². The number of methoxy groups -OCH3 is 1. The van der Waals surface area contributed by atoms with Crippen LogP contribution in [-0.4, -0.2) is 37.4 Å². The molecule has 0 atom stereocenters. The van der Waals surface area contributed by atoms with Gasteiger partial charge in [0.05, 0.1) is 31.2 Å². The predicted octanol–water partition coefficient (Wildman–Crippen LogP) is 5.68. The molecule has 8 nitrogen and oxygen atoms in total. The minimum atomic E-state index is -4.73. The number of carbonyl (C=O) groups is 1. The Hall–Kier alpha value is -4.19. The lowest BCUT2D eigenvalue weighted by atomic mass is 10.1. The number of carbonyl (C=O) groups excluding carboxylic acids is 1. The highest BCUT2D eigenvalue weighted by Crippen LogP contribution is 2.32. The molecule has 37 heavy (non-hydrogen) atoms. The highest BCUT2D eigenvalue weighted by Gasteiger charge is 2.35. The van der Waals surface area contributed by atoms with Gasteiger partial charge in [-0.05, 0) is 48.0 Å². The van der Waals surface area contributed by atoms with Crippen molar-refractivity contribution in [3.05, 3.63) is 94.5 Å². The van der Waals surface area contributed by atoms with Gasteiger partial charge in [0.25, 0.3) is 5.91 Å². The Morgan fingerprint density at radius 1 is 1.08 bits per heavy atom. The third-order valence-corrected chi connectivity index (χ3v) is 6.01. The van der Waals surface area contributed by atoms with E-state index in [9.17, 15) is 18.0 Å². The van der Waals surface area contributed by atoms with Crippen molar-refractivity contribution in [2.45, 2.75) is 12.7 Å². The van der Waals surface area contributed by atoms with E-state index in [2.05, 4.69) is 36.4 Å². The molecule has 0 aliphatic heterocycles. The molecule has 0 saturated heterocycles. The number of nitrogens with zero attached hydrogens (tertiary/aromatic N) is 5. The summed E-state index contributed by atoms with van der Waals surface area (Å²) < 4.78 is 49.9. The first-order valence-corrected chi connectivity index (χ1v) is 11.7. The molecule has 12 heteroatoms. The molecular formula is C25H18BrF3N6O2. The quantitative estimate of drug-likeness (QED) is 0.284. The average Bonchev–Trinajstić information content (AvgIpc) is 3.51. The minimum absolute atomic E-state index is 0.0866. The summed E-state index contributed by atoms with van der Waals surface area (Å²) in [5.41, 5.74) is 0.541. The van der Waals surface area contributed by atoms with Gasteiger partial charge in [0.2, 0.25) is 0 Å². The van der Waals surface area contributed by atoms with Gasteiger partial charge in [-0.15, -0.1) is 0 Å². The lowest BCUT2D eigenvalue weighted by Gasteiger charge is -2.11. The van der Waals surface area contributed by atoms with Crippen LogP contribution in [0.4, 0.5) is 18.9 Å². The number of rotatable bonds is 6. The smallest absolute Gasteiger partial charge is 0.433 e. The second kappa shape index (κ2) is 9.69. The Morgan fingerprint density at radius 3 is 2.49 bits per heavy atom. The monoisotopic (exact) mass is 570 g/mol. The summed E-state index contributed by atoms with van der Waals surface area (Å²) >= 11 is 3.38. The third kappa shape index (κ3) is 5.33. The highest BCUT2D eigenvalue weighted by molar-refractivity contribution is 9.10. The maximum atomic E-state index is 13.9. The van der Waals surface area contributed by atoms with Gasteiger partial charge >= 0.3 is 6.18 Å². The van der Waals surface area contributed by atoms with Crippen molar-refractivity contribution in [3.63, 3.8) is 0 Å². The number of anilines is 1. The molecule has 0 radical (unpaired) electrons. The summed E-state index contributed by atoms with van der Waals surface area (Å²) in [5, 5.41) is 10.7. The Kier molecular flexibility index (Phi) is 6.42. The van der Waals surface area contributed by atoms with Gasteiger partial charge in [0.1, 0.15) is 5.75 Å². The van der Waals surface area contributed by atoms with Crippen LogP contribution in [0, 0.1) is 0 Å². The van der Waals surface area contributed by atoms with Crippen LogP contribution in [0.1, 0.15) is 21.7 Å². The Balaban J connectivity index is 1.41. The number of ether oxygens (including phenoxy) is 1. The van der Waals surface area contributed by atoms with Gasteiger partial charge in [-0.3, -0.25) is 9.48 Å². The van der Waals surface area contributed by atoms with E-state index in [1.807, 2.05) is 24.3 Å². The number of alkyl halides is 3. The molecule has 5 rings (SSSR count). The van der Waals surface area contributed by atoms with Crippen LogP contribution in [0.5, 0.6) is 5.75 Å². The maximum Gasteiger partial charge on any atom is 0.433 e. The van der Waals surface area contributed by atoms with Crippen LogP contribution < -0.4 is 10.1 Å². The molecule has 0 saturated carbocycles. The molecule has 1 N–H and O–H groups in total. The number of hydrogen-bond acceptors (Lipinski definition) is 5. The van der Waals surface area contributed by atoms with Crippen molar-refractivity contribution in [2.24, 2.45) is 0 Å². The molecule has 0 fully saturated rings. The molecule has 0 aliphatic carbocycles. The zero-order valence-electron chi connectivity index (χ0n) is 19.2. The summed E-state index contributed by atoms with van der Waals surface area (Å²) in [7, 11) is 1.49. The first kappa shape index (κ1) is 24.5. The molecular weight excluding hydrogens is 553 g/mol. The van der Waals surface area contributed by atoms with E-state index >= 15 is 0 Å². The van der Waals surface area contributed by atoms with E-state index in [1.165, 1.54) is 19.4 Å². The van der Waals surface area contributed by atoms with Crippen molar-refractivity contribution in [3.8, 4) is 17.0 Å². The molecule has 188 valence electrons. The first-order chi connectivity index (χ1) is 17.7. The summed E-state index contributed by atoms with van der Waals surface area (Å²) in [4.78, 5) is 17.1. The summed E-state index contributed by atoms with van der Waals surface area (Å²) in [6.07, 6.45) is -1.65. The molecule has 1 amide bonds. The summed E-state index contributed by atoms with van der Waals surface area (Å²) in [6, 6.07) is 16.3. The van der Waals surface area contributed by atoms with E-state index in [0.29, 0.717) is 28.1 Å². The second-order valence-electron chi connectivity index (χ2n) is 8.06. The Morgan fingerprint density at radius 2 is 1.81 bits per heavy atom. The van der Waals surface area contributed by atoms with Gasteiger partial charge in [0, 0.05) is 22.3 Å². The Bertz CT molecular complexity index is 1580. The topological polar surface area (TPSA) is 86.3 Å². The van der Waals surface area contributed by atoms with Crippen molar-refractivity contribution >= 4 is 33.2 Å². The first-order valence-electron chi connectivity index (χ1n) is 10.9. The number of amides is 1. The number of benzene rings is 2. The van der Waals surface area contributed by atoms with E-state index in [-0.39, 0.29) is 17.0 Å². The fraction of sp³-hybridized carbons (Fsp3) is 0.120. The number of fused-ring (bicyclic) bond motifs is 1. The van der Waals surface area contributed by atoms with Gasteiger partial charge in [0.15, 0.2) is 17.0 Å². The third-order valence-electron chi connectivity index (χ3n) is 5.48. The van der Waals surface area contributed by atoms with Gasteiger partial charge < -0.3 is 10.1 Å². The van der Waals surface area contributed by atoms with Crippen molar-refractivity contribution in [2.75, 3.05) is 12.4 Å². The summed E-state index contributed by atoms with van der Waals surface area (Å²) in [5.74, 6) is -0.128. The van der Waals surface area contributed by atoms with Gasteiger partial charge in [-0.2, -0.15) is 23.4 Å². The normalized spacial score (nSPS) is 11.6. The van der Waals surface area contributed by atoms with Crippen LogP contribution in [0.15, 0.2) is 77.5 Å². The molecule has 0 spiro atoms. The molecule has 3 aromatic heterocycles. The van der Waals surface area contributed by atoms with E-state index in [1.54, 1.807) is 35.1 Å². The van der Waals surface area contributed by atoms with Crippen molar-refractivity contribution in [1.82, 2.24) is 24.4 Å². The maximum absolute atomic E-state index is 13.9. The SMILES string of the molecule is COc1ccc(-c2cc(C(F)(F)F)n3nc(C(=O)Nc4cnn(Cc5ccc(Br)cc5)c4)cc3n2)cc1. The molecule has 5 aromatic rings. The zero-order chi connectivity index (χ0) is 26.2. The van der Waals surface area contributed by atoms with Crippen LogP contribution >= 0.6 is 15.9 Å². The fourth-order valence-corrected chi connectivity index (χ4v) is 3.95. The molecule has 0 unspecified atom stereocenters. The standard InChI is InChI=1S/C25H18BrF3N6O2/c1-37-19-8-4-16(5-9-19)20-10-22(25(27,28)29)35-23(32-20)11-21(33-35)24(36)31-18-12-30-34(14-18)13-15-2-6-17(26)7-3-15/h2-12,14H,13H2,1H3,(H,31,36). The number of hydrogen-bond donors (Lipinski definition) is 1. The van der Waals surface area contributed by atoms with E-state index in [0.717, 1.165) is 16.1 Å². The molecule has 3 heterocycles. The number of halogens is 4. The summed E-state index contributed by atoms with van der Waals surface area (Å²) in [6.45, 7) is 0.477. The van der Waals surface area contributed by atoms with Crippen LogP contribution in [-0.2, 0) is 12.7 Å². The lowest BCUT2D eigenvalue weighted by Crippen LogP contribution is -2.15. The number of nitrogens with one attached hydrogen (secondary N) is 1. The lowest BCUT2D eigenvalue weighted by molar-refractivity contribution is -0.142. The largest absolute Gasteiger partial charge is 0.497 e. The van der Waals surface area contributed by atoms with E-state index < -0.39 is 17.8 Å². The van der Waals surface area contributed by atoms with Crippen molar-refractivity contribution < 1.29 is 22.7 Å². The molecule has 0 aliphatic rings. The molecule has 0 bridgehead atoms. The Labute approximate surface area is 216 Å². The fourth-order valence-electron chi connectivity index (χ4n) is 3.68.